The van der Waals surface area contributed by atoms with Gasteiger partial charge in [0.2, 0.25) is 0 Å². The normalized spacial score (nSPS) is 11.0. The minimum atomic E-state index is -4.69. The van der Waals surface area contributed by atoms with Gasteiger partial charge < -0.3 is 10.1 Å². The Morgan fingerprint density at radius 3 is 2.42 bits per heavy atom. The fourth-order valence-corrected chi connectivity index (χ4v) is 2.74. The first kappa shape index (κ1) is 23.5. The number of amides is 3. The van der Waals surface area contributed by atoms with Gasteiger partial charge >= 0.3 is 12.2 Å². The molecule has 0 fully saturated rings. The van der Waals surface area contributed by atoms with Gasteiger partial charge in [-0.1, -0.05) is 0 Å². The van der Waals surface area contributed by atoms with Crippen molar-refractivity contribution in [2.45, 2.75) is 13.1 Å². The Balaban J connectivity index is 1.93. The van der Waals surface area contributed by atoms with Crippen molar-refractivity contribution in [1.82, 2.24) is 10.5 Å². The maximum Gasteiger partial charge on any atom is 0.416 e. The van der Waals surface area contributed by atoms with E-state index >= 15 is 0 Å². The molecule has 0 radical (unpaired) electrons. The first-order valence-electron chi connectivity index (χ1n) is 9.20. The van der Waals surface area contributed by atoms with E-state index in [1.807, 2.05) is 0 Å². The number of nitrogens with zero attached hydrogens (tertiary/aromatic N) is 1. The van der Waals surface area contributed by atoms with Crippen LogP contribution in [0.25, 0.3) is 0 Å². The van der Waals surface area contributed by atoms with Crippen LogP contribution in [0.2, 0.25) is 0 Å². The summed E-state index contributed by atoms with van der Waals surface area (Å²) >= 11 is 0. The topological polar surface area (TPSA) is 113 Å². The lowest BCUT2D eigenvalue weighted by Crippen LogP contribution is -2.25. The van der Waals surface area contributed by atoms with E-state index < -0.39 is 35.2 Å². The zero-order valence-electron chi connectivity index (χ0n) is 16.8. The summed E-state index contributed by atoms with van der Waals surface area (Å²) in [6.07, 6.45) is -3.45. The average Bonchev–Trinajstić information content (AvgIpc) is 2.75. The molecule has 12 heteroatoms. The number of pyridine rings is 1. The van der Waals surface area contributed by atoms with Gasteiger partial charge in [0.1, 0.15) is 23.1 Å². The smallest absolute Gasteiger partial charge is 0.416 e. The van der Waals surface area contributed by atoms with Gasteiger partial charge in [-0.3, -0.25) is 15.3 Å². The fourth-order valence-electron chi connectivity index (χ4n) is 2.74. The van der Waals surface area contributed by atoms with Crippen LogP contribution in [0.15, 0.2) is 54.7 Å². The van der Waals surface area contributed by atoms with E-state index in [0.29, 0.717) is 11.6 Å². The minimum absolute atomic E-state index is 0.0230. The zero-order chi connectivity index (χ0) is 24.2. The van der Waals surface area contributed by atoms with E-state index in [-0.39, 0.29) is 22.8 Å². The molecule has 0 aliphatic heterocycles. The van der Waals surface area contributed by atoms with E-state index in [1.165, 1.54) is 36.8 Å². The van der Waals surface area contributed by atoms with Gasteiger partial charge in [-0.05, 0) is 55.0 Å². The molecule has 0 saturated carbocycles. The number of carbonyl (C=O) groups excluding carboxylic acids is 2. The number of rotatable bonds is 5. The quantitative estimate of drug-likeness (QED) is 0.238. The number of nitrogens with one attached hydrogen (secondary N) is 3. The van der Waals surface area contributed by atoms with Gasteiger partial charge in [-0.15, -0.1) is 0 Å². The Labute approximate surface area is 184 Å². The lowest BCUT2D eigenvalue weighted by atomic mass is 10.1. The zero-order valence-corrected chi connectivity index (χ0v) is 16.8. The predicted octanol–water partition coefficient (Wildman–Crippen LogP) is 5.10. The van der Waals surface area contributed by atoms with Crippen molar-refractivity contribution >= 4 is 23.4 Å². The second kappa shape index (κ2) is 9.53. The SMILES string of the molecule is Cc1cc(F)ccc1Oc1cc(C(F)(F)F)ccc1C(=O)Nc1ccnc(NC(=O)NO)c1. The number of hydrogen-bond acceptors (Lipinski definition) is 5. The highest BCUT2D eigenvalue weighted by Crippen LogP contribution is 2.36. The first-order valence-corrected chi connectivity index (χ1v) is 9.20. The van der Waals surface area contributed by atoms with Crippen LogP contribution >= 0.6 is 0 Å². The summed E-state index contributed by atoms with van der Waals surface area (Å²) in [5.41, 5.74) is 0.530. The molecule has 0 spiro atoms. The number of hydrogen-bond donors (Lipinski definition) is 4. The molecule has 3 amide bonds. The van der Waals surface area contributed by atoms with Crippen molar-refractivity contribution in [3.05, 3.63) is 77.2 Å². The largest absolute Gasteiger partial charge is 0.456 e. The van der Waals surface area contributed by atoms with Crippen LogP contribution in [-0.4, -0.2) is 22.1 Å². The molecule has 172 valence electrons. The summed E-state index contributed by atoms with van der Waals surface area (Å²) in [6.45, 7) is 1.50. The Morgan fingerprint density at radius 1 is 1.00 bits per heavy atom. The molecule has 3 rings (SSSR count). The lowest BCUT2D eigenvalue weighted by molar-refractivity contribution is -0.137. The van der Waals surface area contributed by atoms with Gasteiger partial charge in [0.05, 0.1) is 11.1 Å². The first-order chi connectivity index (χ1) is 15.6. The molecule has 33 heavy (non-hydrogen) atoms. The molecule has 4 N–H and O–H groups in total. The molecule has 0 unspecified atom stereocenters. The molecule has 2 aromatic carbocycles. The number of aryl methyl sites for hydroxylation is 1. The van der Waals surface area contributed by atoms with Crippen molar-refractivity contribution in [2.24, 2.45) is 0 Å². The predicted molar refractivity (Wildman–Crippen MR) is 109 cm³/mol. The highest BCUT2D eigenvalue weighted by molar-refractivity contribution is 6.06. The standard InChI is InChI=1S/C21H16F4N4O4/c1-11-8-13(22)3-5-16(11)33-17-9-12(21(23,24)25)2-4-15(17)19(30)27-14-6-7-26-18(10-14)28-20(31)29-32/h2-10,32H,1H3,(H3,26,27,28,29,30,31). The average molecular weight is 464 g/mol. The molecule has 0 aliphatic rings. The van der Waals surface area contributed by atoms with Crippen LogP contribution < -0.4 is 20.9 Å². The molecule has 0 saturated heterocycles. The molecular weight excluding hydrogens is 448 g/mol. The van der Waals surface area contributed by atoms with Crippen LogP contribution in [0.4, 0.5) is 33.9 Å². The third-order valence-corrected chi connectivity index (χ3v) is 4.27. The van der Waals surface area contributed by atoms with Crippen molar-refractivity contribution in [3.63, 3.8) is 0 Å². The van der Waals surface area contributed by atoms with Crippen LogP contribution in [0.1, 0.15) is 21.5 Å². The highest BCUT2D eigenvalue weighted by atomic mass is 19.4. The molecule has 1 heterocycles. The molecular formula is C21H16F4N4O4. The highest BCUT2D eigenvalue weighted by Gasteiger charge is 2.32. The lowest BCUT2D eigenvalue weighted by Gasteiger charge is -2.16. The number of anilines is 2. The second-order valence-corrected chi connectivity index (χ2v) is 6.67. The van der Waals surface area contributed by atoms with Crippen molar-refractivity contribution in [2.75, 3.05) is 10.6 Å². The fraction of sp³-hybridized carbons (Fsp3) is 0.0952. The number of carbonyl (C=O) groups is 2. The molecule has 3 aromatic rings. The third-order valence-electron chi connectivity index (χ3n) is 4.27. The summed E-state index contributed by atoms with van der Waals surface area (Å²) in [5.74, 6) is -1.73. The molecule has 0 bridgehead atoms. The van der Waals surface area contributed by atoms with Gasteiger partial charge in [0, 0.05) is 18.0 Å². The van der Waals surface area contributed by atoms with Crippen LogP contribution in [-0.2, 0) is 6.18 Å². The van der Waals surface area contributed by atoms with E-state index in [2.05, 4.69) is 15.6 Å². The van der Waals surface area contributed by atoms with Crippen LogP contribution in [0, 0.1) is 12.7 Å². The maximum atomic E-state index is 13.4. The number of hydroxylamine groups is 1. The Kier molecular flexibility index (Phi) is 6.78. The Bertz CT molecular complexity index is 1200. The summed E-state index contributed by atoms with van der Waals surface area (Å²) in [5, 5.41) is 13.2. The summed E-state index contributed by atoms with van der Waals surface area (Å²) in [6, 6.07) is 7.44. The van der Waals surface area contributed by atoms with E-state index in [9.17, 15) is 27.2 Å². The summed E-state index contributed by atoms with van der Waals surface area (Å²) in [7, 11) is 0. The molecule has 1 aromatic heterocycles. The van der Waals surface area contributed by atoms with E-state index in [0.717, 1.165) is 24.3 Å². The van der Waals surface area contributed by atoms with Crippen LogP contribution in [0.3, 0.4) is 0 Å². The monoisotopic (exact) mass is 464 g/mol. The number of halogens is 4. The van der Waals surface area contributed by atoms with E-state index in [1.54, 1.807) is 0 Å². The Morgan fingerprint density at radius 2 is 1.76 bits per heavy atom. The van der Waals surface area contributed by atoms with Gasteiger partial charge in [-0.2, -0.15) is 13.2 Å². The number of alkyl halides is 3. The number of aromatic nitrogens is 1. The van der Waals surface area contributed by atoms with E-state index in [4.69, 9.17) is 9.94 Å². The second-order valence-electron chi connectivity index (χ2n) is 6.67. The number of urea groups is 1. The minimum Gasteiger partial charge on any atom is -0.456 e. The van der Waals surface area contributed by atoms with Crippen molar-refractivity contribution in [1.29, 1.82) is 0 Å². The van der Waals surface area contributed by atoms with Crippen LogP contribution in [0.5, 0.6) is 11.5 Å². The summed E-state index contributed by atoms with van der Waals surface area (Å²) in [4.78, 5) is 27.8. The van der Waals surface area contributed by atoms with Crippen molar-refractivity contribution in [3.8, 4) is 11.5 Å². The Hall–Kier alpha value is -4.19. The van der Waals surface area contributed by atoms with Crippen molar-refractivity contribution < 1.29 is 37.1 Å². The number of ether oxygens (including phenoxy) is 1. The molecule has 0 aliphatic carbocycles. The maximum absolute atomic E-state index is 13.4. The third kappa shape index (κ3) is 5.95. The number of benzene rings is 2. The molecule has 0 atom stereocenters. The van der Waals surface area contributed by atoms with Gasteiger partial charge in [0.15, 0.2) is 0 Å². The summed E-state index contributed by atoms with van der Waals surface area (Å²) < 4.78 is 58.6. The van der Waals surface area contributed by atoms with Gasteiger partial charge in [-0.25, -0.2) is 19.6 Å². The molecule has 8 nitrogen and oxygen atoms in total. The van der Waals surface area contributed by atoms with Gasteiger partial charge in [0.25, 0.3) is 5.91 Å².